The second-order valence-corrected chi connectivity index (χ2v) is 5.25. The molecule has 23 heavy (non-hydrogen) atoms. The number of carbonyl (C=O) groups is 1. The molecule has 0 saturated carbocycles. The number of anilines is 3. The SMILES string of the molecule is Cc1c(C=O)cccc1-c1ccccc1Nc1ncccc1N. The second kappa shape index (κ2) is 6.32. The van der Waals surface area contributed by atoms with E-state index in [4.69, 9.17) is 5.73 Å². The first-order valence-electron chi connectivity index (χ1n) is 7.32. The number of hydrogen-bond donors (Lipinski definition) is 2. The van der Waals surface area contributed by atoms with E-state index in [0.717, 1.165) is 28.7 Å². The molecule has 0 aliphatic carbocycles. The Hall–Kier alpha value is -3.14. The third-order valence-electron chi connectivity index (χ3n) is 3.81. The molecule has 0 bridgehead atoms. The van der Waals surface area contributed by atoms with Crippen LogP contribution >= 0.6 is 0 Å². The van der Waals surface area contributed by atoms with Gasteiger partial charge in [-0.2, -0.15) is 0 Å². The van der Waals surface area contributed by atoms with E-state index in [0.29, 0.717) is 17.1 Å². The molecule has 3 N–H and O–H groups in total. The van der Waals surface area contributed by atoms with Crippen LogP contribution in [0.15, 0.2) is 60.8 Å². The fourth-order valence-corrected chi connectivity index (χ4v) is 2.55. The van der Waals surface area contributed by atoms with E-state index in [2.05, 4.69) is 10.3 Å². The maximum Gasteiger partial charge on any atom is 0.153 e. The molecule has 0 fully saturated rings. The van der Waals surface area contributed by atoms with Crippen molar-refractivity contribution in [2.75, 3.05) is 11.1 Å². The Morgan fingerprint density at radius 1 is 1.00 bits per heavy atom. The summed E-state index contributed by atoms with van der Waals surface area (Å²) >= 11 is 0. The van der Waals surface area contributed by atoms with Gasteiger partial charge in [-0.1, -0.05) is 36.4 Å². The zero-order valence-corrected chi connectivity index (χ0v) is 12.8. The van der Waals surface area contributed by atoms with Crippen molar-refractivity contribution in [3.8, 4) is 11.1 Å². The standard InChI is InChI=1S/C19H17N3O/c1-13-14(12-23)6-4-8-15(13)16-7-2-3-10-18(16)22-19-17(20)9-5-11-21-19/h2-12H,20H2,1H3,(H,21,22). The molecule has 114 valence electrons. The molecular formula is C19H17N3O. The van der Waals surface area contributed by atoms with Crippen LogP contribution in [0.4, 0.5) is 17.2 Å². The Kier molecular flexibility index (Phi) is 4.06. The van der Waals surface area contributed by atoms with E-state index < -0.39 is 0 Å². The van der Waals surface area contributed by atoms with Gasteiger partial charge in [0.25, 0.3) is 0 Å². The molecule has 1 heterocycles. The van der Waals surface area contributed by atoms with Crippen LogP contribution in [0.2, 0.25) is 0 Å². The van der Waals surface area contributed by atoms with Gasteiger partial charge in [0, 0.05) is 23.0 Å². The summed E-state index contributed by atoms with van der Waals surface area (Å²) in [6, 6.07) is 17.2. The third-order valence-corrected chi connectivity index (χ3v) is 3.81. The lowest BCUT2D eigenvalue weighted by atomic mass is 9.95. The number of rotatable bonds is 4. The number of aldehydes is 1. The highest BCUT2D eigenvalue weighted by Crippen LogP contribution is 2.33. The summed E-state index contributed by atoms with van der Waals surface area (Å²) < 4.78 is 0. The first kappa shape index (κ1) is 14.8. The number of benzene rings is 2. The lowest BCUT2D eigenvalue weighted by molar-refractivity contribution is 0.112. The van der Waals surface area contributed by atoms with Gasteiger partial charge in [0.05, 0.1) is 5.69 Å². The fraction of sp³-hybridized carbons (Fsp3) is 0.0526. The number of nitrogens with zero attached hydrogens (tertiary/aromatic N) is 1. The molecule has 1 aromatic heterocycles. The van der Waals surface area contributed by atoms with Gasteiger partial charge in [-0.15, -0.1) is 0 Å². The van der Waals surface area contributed by atoms with E-state index in [9.17, 15) is 4.79 Å². The highest BCUT2D eigenvalue weighted by atomic mass is 16.1. The van der Waals surface area contributed by atoms with Crippen LogP contribution in [0.5, 0.6) is 0 Å². The van der Waals surface area contributed by atoms with Gasteiger partial charge in [-0.3, -0.25) is 4.79 Å². The van der Waals surface area contributed by atoms with Crippen molar-refractivity contribution in [2.45, 2.75) is 6.92 Å². The van der Waals surface area contributed by atoms with Crippen LogP contribution in [-0.4, -0.2) is 11.3 Å². The zero-order chi connectivity index (χ0) is 16.2. The third kappa shape index (κ3) is 2.92. The first-order valence-corrected chi connectivity index (χ1v) is 7.32. The van der Waals surface area contributed by atoms with Crippen molar-refractivity contribution < 1.29 is 4.79 Å². The normalized spacial score (nSPS) is 10.3. The van der Waals surface area contributed by atoms with Gasteiger partial charge < -0.3 is 11.1 Å². The maximum absolute atomic E-state index is 11.2. The number of hydrogen-bond acceptors (Lipinski definition) is 4. The van der Waals surface area contributed by atoms with Crippen molar-refractivity contribution in [3.05, 3.63) is 71.9 Å². The summed E-state index contributed by atoms with van der Waals surface area (Å²) in [6.07, 6.45) is 2.57. The van der Waals surface area contributed by atoms with Crippen LogP contribution < -0.4 is 11.1 Å². The summed E-state index contributed by atoms with van der Waals surface area (Å²) in [5.41, 5.74) is 11.1. The van der Waals surface area contributed by atoms with Crippen molar-refractivity contribution >= 4 is 23.5 Å². The summed E-state index contributed by atoms with van der Waals surface area (Å²) in [5.74, 6) is 0.615. The summed E-state index contributed by atoms with van der Waals surface area (Å²) in [4.78, 5) is 15.5. The molecule has 0 atom stereocenters. The highest BCUT2D eigenvalue weighted by molar-refractivity contribution is 5.88. The van der Waals surface area contributed by atoms with Gasteiger partial charge in [-0.05, 0) is 36.2 Å². The minimum absolute atomic E-state index is 0.584. The minimum Gasteiger partial charge on any atom is -0.396 e. The van der Waals surface area contributed by atoms with Gasteiger partial charge in [0.1, 0.15) is 6.29 Å². The summed E-state index contributed by atoms with van der Waals surface area (Å²) in [5, 5.41) is 3.28. The number of nitrogen functional groups attached to an aromatic ring is 1. The average molecular weight is 303 g/mol. The summed E-state index contributed by atoms with van der Waals surface area (Å²) in [6.45, 7) is 1.95. The van der Waals surface area contributed by atoms with Crippen molar-refractivity contribution in [1.82, 2.24) is 4.98 Å². The quantitative estimate of drug-likeness (QED) is 0.709. The molecule has 0 aliphatic heterocycles. The number of aromatic nitrogens is 1. The Balaban J connectivity index is 2.09. The monoisotopic (exact) mass is 303 g/mol. The van der Waals surface area contributed by atoms with Crippen LogP contribution in [0.1, 0.15) is 15.9 Å². The molecule has 0 unspecified atom stereocenters. The first-order chi connectivity index (χ1) is 11.2. The smallest absolute Gasteiger partial charge is 0.153 e. The predicted molar refractivity (Wildman–Crippen MR) is 93.9 cm³/mol. The van der Waals surface area contributed by atoms with E-state index in [1.807, 2.05) is 49.4 Å². The number of carbonyl (C=O) groups excluding carboxylic acids is 1. The van der Waals surface area contributed by atoms with Crippen LogP contribution in [0.25, 0.3) is 11.1 Å². The predicted octanol–water partition coefficient (Wildman–Crippen LogP) is 4.20. The molecule has 4 heteroatoms. The Morgan fingerprint density at radius 3 is 2.57 bits per heavy atom. The topological polar surface area (TPSA) is 68.0 Å². The molecule has 0 spiro atoms. The maximum atomic E-state index is 11.2. The molecule has 0 aliphatic rings. The van der Waals surface area contributed by atoms with Crippen molar-refractivity contribution in [1.29, 1.82) is 0 Å². The van der Waals surface area contributed by atoms with Crippen molar-refractivity contribution in [3.63, 3.8) is 0 Å². The van der Waals surface area contributed by atoms with E-state index in [-0.39, 0.29) is 0 Å². The molecule has 0 radical (unpaired) electrons. The molecule has 4 nitrogen and oxygen atoms in total. The molecule has 0 amide bonds. The van der Waals surface area contributed by atoms with Gasteiger partial charge in [-0.25, -0.2) is 4.98 Å². The number of pyridine rings is 1. The Morgan fingerprint density at radius 2 is 1.78 bits per heavy atom. The van der Waals surface area contributed by atoms with Crippen LogP contribution in [-0.2, 0) is 0 Å². The highest BCUT2D eigenvalue weighted by Gasteiger charge is 2.11. The van der Waals surface area contributed by atoms with Crippen LogP contribution in [0.3, 0.4) is 0 Å². The minimum atomic E-state index is 0.584. The molecular weight excluding hydrogens is 286 g/mol. The Bertz CT molecular complexity index is 859. The van der Waals surface area contributed by atoms with E-state index in [1.165, 1.54) is 0 Å². The number of para-hydroxylation sites is 1. The molecule has 3 aromatic rings. The molecule has 3 rings (SSSR count). The van der Waals surface area contributed by atoms with Gasteiger partial charge >= 0.3 is 0 Å². The fourth-order valence-electron chi connectivity index (χ4n) is 2.55. The Labute approximate surface area is 135 Å². The summed E-state index contributed by atoms with van der Waals surface area (Å²) in [7, 11) is 0. The zero-order valence-electron chi connectivity index (χ0n) is 12.8. The second-order valence-electron chi connectivity index (χ2n) is 5.25. The van der Waals surface area contributed by atoms with Crippen LogP contribution in [0, 0.1) is 6.92 Å². The van der Waals surface area contributed by atoms with Gasteiger partial charge in [0.2, 0.25) is 0 Å². The number of nitrogens with two attached hydrogens (primary N) is 1. The molecule has 0 saturated heterocycles. The van der Waals surface area contributed by atoms with E-state index in [1.54, 1.807) is 18.3 Å². The van der Waals surface area contributed by atoms with E-state index >= 15 is 0 Å². The van der Waals surface area contributed by atoms with Crippen molar-refractivity contribution in [2.24, 2.45) is 0 Å². The van der Waals surface area contributed by atoms with Gasteiger partial charge in [0.15, 0.2) is 5.82 Å². The number of nitrogens with one attached hydrogen (secondary N) is 1. The lowest BCUT2D eigenvalue weighted by Gasteiger charge is -2.15. The molecule has 2 aromatic carbocycles. The largest absolute Gasteiger partial charge is 0.396 e. The lowest BCUT2D eigenvalue weighted by Crippen LogP contribution is -2.00. The average Bonchev–Trinajstić information content (AvgIpc) is 2.58.